The Labute approximate surface area is 112 Å². The van der Waals surface area contributed by atoms with E-state index in [1.807, 2.05) is 42.5 Å². The van der Waals surface area contributed by atoms with Crippen LogP contribution in [0.4, 0.5) is 0 Å². The number of aryl methyl sites for hydroxylation is 1. The van der Waals surface area contributed by atoms with Gasteiger partial charge in [-0.15, -0.1) is 0 Å². The second-order valence-corrected chi connectivity index (χ2v) is 4.67. The first kappa shape index (κ1) is 12.9. The highest BCUT2D eigenvalue weighted by Crippen LogP contribution is 2.24. The zero-order valence-electron chi connectivity index (χ0n) is 10.3. The fraction of sp³-hybridized carbons (Fsp3) is 0.200. The minimum Gasteiger partial charge on any atom is -0.490 e. The standard InChI is InChI=1S/C15H16ClNO/c1-11-6-8-12(9-7-11)14(17)10-18-15-5-3-2-4-13(15)16/h2-9,14H,10,17H2,1H3. The van der Waals surface area contributed by atoms with Crippen LogP contribution in [0.1, 0.15) is 17.2 Å². The molecule has 2 aromatic rings. The van der Waals surface area contributed by atoms with E-state index in [2.05, 4.69) is 6.92 Å². The normalized spacial score (nSPS) is 12.2. The largest absolute Gasteiger partial charge is 0.490 e. The number of benzene rings is 2. The van der Waals surface area contributed by atoms with Gasteiger partial charge in [0.1, 0.15) is 12.4 Å². The molecule has 0 spiro atoms. The molecule has 0 saturated heterocycles. The number of rotatable bonds is 4. The number of hydrogen-bond acceptors (Lipinski definition) is 2. The lowest BCUT2D eigenvalue weighted by molar-refractivity contribution is 0.291. The Morgan fingerprint density at radius 2 is 1.78 bits per heavy atom. The van der Waals surface area contributed by atoms with E-state index in [0.717, 1.165) is 5.56 Å². The topological polar surface area (TPSA) is 35.2 Å². The Balaban J connectivity index is 1.98. The third kappa shape index (κ3) is 3.25. The maximum absolute atomic E-state index is 6.07. The van der Waals surface area contributed by atoms with Crippen molar-refractivity contribution in [3.05, 3.63) is 64.7 Å². The predicted octanol–water partition coefficient (Wildman–Crippen LogP) is 3.73. The van der Waals surface area contributed by atoms with E-state index in [0.29, 0.717) is 17.4 Å². The zero-order chi connectivity index (χ0) is 13.0. The lowest BCUT2D eigenvalue weighted by Crippen LogP contribution is -2.19. The molecule has 0 aliphatic heterocycles. The molecule has 0 aliphatic rings. The maximum Gasteiger partial charge on any atom is 0.137 e. The molecular weight excluding hydrogens is 246 g/mol. The molecule has 2 aromatic carbocycles. The molecule has 0 aliphatic carbocycles. The molecule has 18 heavy (non-hydrogen) atoms. The van der Waals surface area contributed by atoms with E-state index in [1.165, 1.54) is 5.56 Å². The van der Waals surface area contributed by atoms with Gasteiger partial charge < -0.3 is 10.5 Å². The van der Waals surface area contributed by atoms with Crippen molar-refractivity contribution in [3.63, 3.8) is 0 Å². The van der Waals surface area contributed by atoms with Crippen molar-refractivity contribution in [1.29, 1.82) is 0 Å². The molecule has 0 amide bonds. The fourth-order valence-corrected chi connectivity index (χ4v) is 1.84. The third-order valence-electron chi connectivity index (χ3n) is 2.76. The summed E-state index contributed by atoms with van der Waals surface area (Å²) in [6, 6.07) is 15.4. The summed E-state index contributed by atoms with van der Waals surface area (Å²) in [6.45, 7) is 2.46. The van der Waals surface area contributed by atoms with Gasteiger partial charge in [0.05, 0.1) is 11.1 Å². The number of hydrogen-bond donors (Lipinski definition) is 1. The van der Waals surface area contributed by atoms with Crippen LogP contribution in [-0.4, -0.2) is 6.61 Å². The molecule has 3 heteroatoms. The van der Waals surface area contributed by atoms with E-state index in [1.54, 1.807) is 6.07 Å². The van der Waals surface area contributed by atoms with E-state index in [9.17, 15) is 0 Å². The predicted molar refractivity (Wildman–Crippen MR) is 75.1 cm³/mol. The van der Waals surface area contributed by atoms with Gasteiger partial charge in [-0.25, -0.2) is 0 Å². The minimum atomic E-state index is -0.151. The highest BCUT2D eigenvalue weighted by atomic mass is 35.5. The summed E-state index contributed by atoms with van der Waals surface area (Å²) in [7, 11) is 0. The van der Waals surface area contributed by atoms with E-state index in [4.69, 9.17) is 22.1 Å². The van der Waals surface area contributed by atoms with Crippen molar-refractivity contribution < 1.29 is 4.74 Å². The zero-order valence-corrected chi connectivity index (χ0v) is 11.0. The van der Waals surface area contributed by atoms with Gasteiger partial charge in [0, 0.05) is 0 Å². The van der Waals surface area contributed by atoms with Gasteiger partial charge in [0.15, 0.2) is 0 Å². The average molecular weight is 262 g/mol. The van der Waals surface area contributed by atoms with Crippen molar-refractivity contribution in [2.24, 2.45) is 5.73 Å². The summed E-state index contributed by atoms with van der Waals surface area (Å²) in [4.78, 5) is 0. The van der Waals surface area contributed by atoms with Gasteiger partial charge in [0.25, 0.3) is 0 Å². The number of halogens is 1. The second-order valence-electron chi connectivity index (χ2n) is 4.26. The summed E-state index contributed by atoms with van der Waals surface area (Å²) in [5, 5.41) is 0.605. The van der Waals surface area contributed by atoms with Crippen LogP contribution in [0.15, 0.2) is 48.5 Å². The number of ether oxygens (including phenoxy) is 1. The molecule has 94 valence electrons. The monoisotopic (exact) mass is 261 g/mol. The van der Waals surface area contributed by atoms with Gasteiger partial charge in [-0.2, -0.15) is 0 Å². The molecule has 2 N–H and O–H groups in total. The molecule has 1 atom stereocenters. The molecule has 0 bridgehead atoms. The van der Waals surface area contributed by atoms with E-state index >= 15 is 0 Å². The van der Waals surface area contributed by atoms with Crippen LogP contribution in [0.2, 0.25) is 5.02 Å². The molecule has 0 aromatic heterocycles. The first-order valence-electron chi connectivity index (χ1n) is 5.86. The van der Waals surface area contributed by atoms with Gasteiger partial charge in [-0.1, -0.05) is 53.6 Å². The molecule has 0 heterocycles. The SMILES string of the molecule is Cc1ccc(C(N)COc2ccccc2Cl)cc1. The first-order chi connectivity index (χ1) is 8.66. The van der Waals surface area contributed by atoms with Crippen LogP contribution in [0.25, 0.3) is 0 Å². The summed E-state index contributed by atoms with van der Waals surface area (Å²) in [6.07, 6.45) is 0. The molecule has 0 radical (unpaired) electrons. The molecule has 2 rings (SSSR count). The molecule has 0 fully saturated rings. The van der Waals surface area contributed by atoms with E-state index < -0.39 is 0 Å². The average Bonchev–Trinajstić information content (AvgIpc) is 2.38. The van der Waals surface area contributed by atoms with Crippen molar-refractivity contribution in [1.82, 2.24) is 0 Å². The number of nitrogens with two attached hydrogens (primary N) is 1. The summed E-state index contributed by atoms with van der Waals surface area (Å²) in [5.41, 5.74) is 8.36. The van der Waals surface area contributed by atoms with Gasteiger partial charge in [-0.3, -0.25) is 0 Å². The lowest BCUT2D eigenvalue weighted by Gasteiger charge is -2.14. The molecule has 0 saturated carbocycles. The van der Waals surface area contributed by atoms with Gasteiger partial charge in [0.2, 0.25) is 0 Å². The third-order valence-corrected chi connectivity index (χ3v) is 3.07. The van der Waals surface area contributed by atoms with Crippen LogP contribution in [0, 0.1) is 6.92 Å². The summed E-state index contributed by atoms with van der Waals surface area (Å²) >= 11 is 6.01. The summed E-state index contributed by atoms with van der Waals surface area (Å²) in [5.74, 6) is 0.668. The van der Waals surface area contributed by atoms with Crippen molar-refractivity contribution >= 4 is 11.6 Å². The molecule has 1 unspecified atom stereocenters. The van der Waals surface area contributed by atoms with Crippen LogP contribution in [0.5, 0.6) is 5.75 Å². The summed E-state index contributed by atoms with van der Waals surface area (Å²) < 4.78 is 5.63. The Kier molecular flexibility index (Phi) is 4.24. The minimum absolute atomic E-state index is 0.151. The van der Waals surface area contributed by atoms with Crippen LogP contribution in [-0.2, 0) is 0 Å². The van der Waals surface area contributed by atoms with Crippen molar-refractivity contribution in [2.75, 3.05) is 6.61 Å². The Hall–Kier alpha value is -1.51. The maximum atomic E-state index is 6.07. The quantitative estimate of drug-likeness (QED) is 0.910. The molecule has 2 nitrogen and oxygen atoms in total. The highest BCUT2D eigenvalue weighted by Gasteiger charge is 2.07. The van der Waals surface area contributed by atoms with Crippen LogP contribution < -0.4 is 10.5 Å². The second kappa shape index (κ2) is 5.89. The number of para-hydroxylation sites is 1. The highest BCUT2D eigenvalue weighted by molar-refractivity contribution is 6.32. The van der Waals surface area contributed by atoms with Crippen molar-refractivity contribution in [3.8, 4) is 5.75 Å². The smallest absolute Gasteiger partial charge is 0.137 e. The van der Waals surface area contributed by atoms with Crippen LogP contribution in [0.3, 0.4) is 0 Å². The van der Waals surface area contributed by atoms with Crippen LogP contribution >= 0.6 is 11.6 Å². The van der Waals surface area contributed by atoms with Gasteiger partial charge in [-0.05, 0) is 24.6 Å². The van der Waals surface area contributed by atoms with E-state index in [-0.39, 0.29) is 6.04 Å². The van der Waals surface area contributed by atoms with Gasteiger partial charge >= 0.3 is 0 Å². The lowest BCUT2D eigenvalue weighted by atomic mass is 10.1. The Morgan fingerprint density at radius 1 is 1.11 bits per heavy atom. The first-order valence-corrected chi connectivity index (χ1v) is 6.24. The Morgan fingerprint density at radius 3 is 2.44 bits per heavy atom. The Bertz CT molecular complexity index is 510. The van der Waals surface area contributed by atoms with Crippen molar-refractivity contribution in [2.45, 2.75) is 13.0 Å². The fourth-order valence-electron chi connectivity index (χ4n) is 1.65. The molecular formula is C15H16ClNO.